The summed E-state index contributed by atoms with van der Waals surface area (Å²) in [6, 6.07) is 11.6. The van der Waals surface area contributed by atoms with Crippen molar-refractivity contribution in [2.75, 3.05) is 5.75 Å². The third-order valence-corrected chi connectivity index (χ3v) is 5.11. The van der Waals surface area contributed by atoms with Gasteiger partial charge in [0.25, 0.3) is 0 Å². The van der Waals surface area contributed by atoms with Crippen LogP contribution in [-0.4, -0.2) is 36.8 Å². The molecule has 2 aromatic carbocycles. The number of hydrogen-bond acceptors (Lipinski definition) is 5. The minimum absolute atomic E-state index is 0.0513. The molecule has 8 heteroatoms. The standard InChI is InChI=1S/C19H13ClN4O2S/c20-14-8-16-15(23-19(24-16)27-10-18(25)26)7-13(14)11-1-3-12(4-2-11)17-9-21-5-6-22-17/h1-9H,10H2,(H,23,24)(H,25,26). The van der Waals surface area contributed by atoms with Crippen LogP contribution in [-0.2, 0) is 4.79 Å². The number of fused-ring (bicyclic) bond motifs is 1. The second kappa shape index (κ2) is 7.38. The largest absolute Gasteiger partial charge is 0.481 e. The van der Waals surface area contributed by atoms with Crippen molar-refractivity contribution in [2.24, 2.45) is 0 Å². The van der Waals surface area contributed by atoms with Gasteiger partial charge in [-0.05, 0) is 17.7 Å². The van der Waals surface area contributed by atoms with Crippen LogP contribution in [0.3, 0.4) is 0 Å². The number of H-pyrrole nitrogens is 1. The van der Waals surface area contributed by atoms with Crippen LogP contribution < -0.4 is 0 Å². The lowest BCUT2D eigenvalue weighted by Gasteiger charge is -2.06. The topological polar surface area (TPSA) is 91.8 Å². The van der Waals surface area contributed by atoms with Gasteiger partial charge in [0.05, 0.1) is 33.7 Å². The molecule has 0 bridgehead atoms. The average molecular weight is 397 g/mol. The summed E-state index contributed by atoms with van der Waals surface area (Å²) in [6.45, 7) is 0. The molecule has 0 radical (unpaired) electrons. The van der Waals surface area contributed by atoms with Gasteiger partial charge in [0.15, 0.2) is 5.16 Å². The third kappa shape index (κ3) is 3.79. The van der Waals surface area contributed by atoms with Crippen LogP contribution in [0, 0.1) is 0 Å². The molecule has 0 saturated heterocycles. The predicted octanol–water partition coefficient (Wildman–Crippen LogP) is 4.52. The van der Waals surface area contributed by atoms with E-state index in [1.165, 1.54) is 0 Å². The van der Waals surface area contributed by atoms with Gasteiger partial charge in [0.1, 0.15) is 0 Å². The minimum atomic E-state index is -0.887. The lowest BCUT2D eigenvalue weighted by Crippen LogP contribution is -1.97. The van der Waals surface area contributed by atoms with E-state index in [9.17, 15) is 4.79 Å². The molecule has 0 aliphatic carbocycles. The van der Waals surface area contributed by atoms with Crippen LogP contribution in [0.4, 0.5) is 0 Å². The van der Waals surface area contributed by atoms with Gasteiger partial charge in [-0.1, -0.05) is 47.6 Å². The first kappa shape index (κ1) is 17.5. The molecule has 0 aliphatic heterocycles. The van der Waals surface area contributed by atoms with Crippen LogP contribution in [0.15, 0.2) is 60.1 Å². The summed E-state index contributed by atoms with van der Waals surface area (Å²) >= 11 is 7.60. The maximum Gasteiger partial charge on any atom is 0.313 e. The monoisotopic (exact) mass is 396 g/mol. The number of aromatic amines is 1. The van der Waals surface area contributed by atoms with Gasteiger partial charge in [-0.25, -0.2) is 4.98 Å². The SMILES string of the molecule is O=C(O)CSc1nc2cc(-c3ccc(-c4cnccn4)cc3)c(Cl)cc2[nH]1. The summed E-state index contributed by atoms with van der Waals surface area (Å²) in [5.41, 5.74) is 5.09. The number of benzene rings is 2. The number of carbonyl (C=O) groups is 1. The van der Waals surface area contributed by atoms with E-state index in [0.29, 0.717) is 10.2 Å². The fourth-order valence-corrected chi connectivity index (χ4v) is 3.57. The van der Waals surface area contributed by atoms with Crippen LogP contribution in [0.5, 0.6) is 0 Å². The molecule has 0 atom stereocenters. The first-order chi connectivity index (χ1) is 13.1. The van der Waals surface area contributed by atoms with E-state index in [4.69, 9.17) is 16.7 Å². The van der Waals surface area contributed by atoms with Gasteiger partial charge >= 0.3 is 5.97 Å². The zero-order valence-electron chi connectivity index (χ0n) is 13.9. The molecule has 6 nitrogen and oxygen atoms in total. The molecule has 0 spiro atoms. The van der Waals surface area contributed by atoms with Crippen LogP contribution in [0.1, 0.15) is 0 Å². The summed E-state index contributed by atoms with van der Waals surface area (Å²) < 4.78 is 0. The first-order valence-corrected chi connectivity index (χ1v) is 9.37. The summed E-state index contributed by atoms with van der Waals surface area (Å²) in [5, 5.41) is 9.94. The molecular formula is C19H13ClN4O2S. The molecular weight excluding hydrogens is 384 g/mol. The molecule has 2 aromatic heterocycles. The van der Waals surface area contributed by atoms with E-state index in [0.717, 1.165) is 45.2 Å². The van der Waals surface area contributed by atoms with E-state index < -0.39 is 5.97 Å². The van der Waals surface area contributed by atoms with Crippen LogP contribution >= 0.6 is 23.4 Å². The Balaban J connectivity index is 1.66. The zero-order chi connectivity index (χ0) is 18.8. The van der Waals surface area contributed by atoms with E-state index in [2.05, 4.69) is 19.9 Å². The van der Waals surface area contributed by atoms with Gasteiger partial charge < -0.3 is 10.1 Å². The van der Waals surface area contributed by atoms with Crippen molar-refractivity contribution in [3.8, 4) is 22.4 Å². The average Bonchev–Trinajstić information content (AvgIpc) is 3.08. The molecule has 134 valence electrons. The van der Waals surface area contributed by atoms with Crippen molar-refractivity contribution >= 4 is 40.4 Å². The van der Waals surface area contributed by atoms with Crippen molar-refractivity contribution in [3.05, 3.63) is 60.0 Å². The van der Waals surface area contributed by atoms with Gasteiger partial charge in [-0.3, -0.25) is 14.8 Å². The molecule has 2 N–H and O–H groups in total. The van der Waals surface area contributed by atoms with Gasteiger partial charge in [-0.15, -0.1) is 0 Å². The summed E-state index contributed by atoms with van der Waals surface area (Å²) in [4.78, 5) is 26.6. The van der Waals surface area contributed by atoms with Crippen LogP contribution in [0.25, 0.3) is 33.4 Å². The first-order valence-electron chi connectivity index (χ1n) is 8.01. The zero-order valence-corrected chi connectivity index (χ0v) is 15.5. The van der Waals surface area contributed by atoms with Crippen molar-refractivity contribution in [1.29, 1.82) is 0 Å². The molecule has 0 saturated carbocycles. The molecule has 4 aromatic rings. The molecule has 0 amide bonds. The summed E-state index contributed by atoms with van der Waals surface area (Å²) in [5.74, 6) is -0.938. The van der Waals surface area contributed by atoms with Crippen molar-refractivity contribution < 1.29 is 9.90 Å². The summed E-state index contributed by atoms with van der Waals surface area (Å²) in [7, 11) is 0. The Bertz CT molecular complexity index is 1110. The highest BCUT2D eigenvalue weighted by Gasteiger charge is 2.11. The molecule has 0 aliphatic rings. The molecule has 0 unspecified atom stereocenters. The Kier molecular flexibility index (Phi) is 4.79. The van der Waals surface area contributed by atoms with Crippen molar-refractivity contribution in [1.82, 2.24) is 19.9 Å². The fraction of sp³-hybridized carbons (Fsp3) is 0.0526. The highest BCUT2D eigenvalue weighted by Crippen LogP contribution is 2.33. The Hall–Kier alpha value is -2.90. The Morgan fingerprint density at radius 1 is 1.15 bits per heavy atom. The van der Waals surface area contributed by atoms with E-state index >= 15 is 0 Å². The normalized spacial score (nSPS) is 11.0. The maximum atomic E-state index is 10.7. The van der Waals surface area contributed by atoms with Gasteiger partial charge in [-0.2, -0.15) is 0 Å². The second-order valence-electron chi connectivity index (χ2n) is 5.74. The number of rotatable bonds is 5. The van der Waals surface area contributed by atoms with Crippen LogP contribution in [0.2, 0.25) is 5.02 Å². The molecule has 2 heterocycles. The quantitative estimate of drug-likeness (QED) is 0.482. The highest BCUT2D eigenvalue weighted by molar-refractivity contribution is 7.99. The number of aromatic nitrogens is 4. The molecule has 0 fully saturated rings. The number of carboxylic acid groups (broad SMARTS) is 1. The summed E-state index contributed by atoms with van der Waals surface area (Å²) in [6.07, 6.45) is 5.01. The maximum absolute atomic E-state index is 10.7. The number of nitrogens with zero attached hydrogens (tertiary/aromatic N) is 3. The lowest BCUT2D eigenvalue weighted by atomic mass is 10.0. The number of hydrogen-bond donors (Lipinski definition) is 2. The van der Waals surface area contributed by atoms with Crippen molar-refractivity contribution in [3.63, 3.8) is 0 Å². The molecule has 4 rings (SSSR count). The molecule has 27 heavy (non-hydrogen) atoms. The number of nitrogens with one attached hydrogen (secondary N) is 1. The third-order valence-electron chi connectivity index (χ3n) is 3.94. The lowest BCUT2D eigenvalue weighted by molar-refractivity contribution is -0.133. The fourth-order valence-electron chi connectivity index (χ4n) is 2.70. The minimum Gasteiger partial charge on any atom is -0.481 e. The van der Waals surface area contributed by atoms with E-state index in [1.54, 1.807) is 24.7 Å². The van der Waals surface area contributed by atoms with E-state index in [-0.39, 0.29) is 5.75 Å². The number of aliphatic carboxylic acids is 1. The second-order valence-corrected chi connectivity index (χ2v) is 7.11. The number of thioether (sulfide) groups is 1. The number of carboxylic acids is 1. The van der Waals surface area contributed by atoms with Crippen molar-refractivity contribution in [2.45, 2.75) is 5.16 Å². The number of halogens is 1. The Morgan fingerprint density at radius 2 is 1.93 bits per heavy atom. The Labute approximate surface area is 163 Å². The highest BCUT2D eigenvalue weighted by atomic mass is 35.5. The predicted molar refractivity (Wildman–Crippen MR) is 106 cm³/mol. The smallest absolute Gasteiger partial charge is 0.313 e. The number of imidazole rings is 1. The van der Waals surface area contributed by atoms with Gasteiger partial charge in [0.2, 0.25) is 0 Å². The Morgan fingerprint density at radius 3 is 2.63 bits per heavy atom. The van der Waals surface area contributed by atoms with Gasteiger partial charge in [0, 0.05) is 23.5 Å². The van der Waals surface area contributed by atoms with E-state index in [1.807, 2.05) is 30.3 Å².